The van der Waals surface area contributed by atoms with Gasteiger partial charge in [0, 0.05) is 6.20 Å². The molecule has 1 aromatic rings. The fourth-order valence-corrected chi connectivity index (χ4v) is 1.15. The molecule has 1 atom stereocenters. The molecule has 4 heteroatoms. The molecule has 0 amide bonds. The van der Waals surface area contributed by atoms with Gasteiger partial charge in [-0.05, 0) is 18.1 Å². The predicted molar refractivity (Wildman–Crippen MR) is 48.2 cm³/mol. The second-order valence-corrected chi connectivity index (χ2v) is 2.72. The average Bonchev–Trinajstić information content (AvgIpc) is 2.16. The molecule has 0 saturated heterocycles. The third-order valence-electron chi connectivity index (χ3n) is 1.87. The summed E-state index contributed by atoms with van der Waals surface area (Å²) in [5.74, 6) is -1.05. The van der Waals surface area contributed by atoms with E-state index in [0.717, 1.165) is 12.0 Å². The minimum atomic E-state index is -1.05. The van der Waals surface area contributed by atoms with Crippen LogP contribution in [-0.4, -0.2) is 16.1 Å². The van der Waals surface area contributed by atoms with Crippen molar-refractivity contribution in [2.75, 3.05) is 0 Å². The zero-order chi connectivity index (χ0) is 9.84. The maximum atomic E-state index is 10.6. The lowest BCUT2D eigenvalue weighted by Gasteiger charge is -2.09. The number of hydrogen-bond acceptors (Lipinski definition) is 3. The summed E-state index contributed by atoms with van der Waals surface area (Å²) < 4.78 is 0. The van der Waals surface area contributed by atoms with Gasteiger partial charge in [-0.2, -0.15) is 0 Å². The monoisotopic (exact) mass is 180 g/mol. The highest BCUT2D eigenvalue weighted by atomic mass is 16.4. The van der Waals surface area contributed by atoms with E-state index in [1.165, 1.54) is 0 Å². The first kappa shape index (κ1) is 9.67. The molecule has 13 heavy (non-hydrogen) atoms. The minimum absolute atomic E-state index is 0.456. The third-order valence-corrected chi connectivity index (χ3v) is 1.87. The van der Waals surface area contributed by atoms with Gasteiger partial charge >= 0.3 is 5.97 Å². The zero-order valence-corrected chi connectivity index (χ0v) is 7.40. The van der Waals surface area contributed by atoms with E-state index in [4.69, 9.17) is 10.8 Å². The molecule has 0 aliphatic carbocycles. The zero-order valence-electron chi connectivity index (χ0n) is 7.40. The van der Waals surface area contributed by atoms with Gasteiger partial charge in [0.1, 0.15) is 6.04 Å². The van der Waals surface area contributed by atoms with Crippen LogP contribution in [-0.2, 0) is 11.2 Å². The third kappa shape index (κ3) is 2.03. The number of carboxylic acid groups (broad SMARTS) is 1. The number of nitrogens with two attached hydrogens (primary N) is 1. The van der Waals surface area contributed by atoms with Crippen LogP contribution in [0, 0.1) is 0 Å². The van der Waals surface area contributed by atoms with Gasteiger partial charge in [-0.25, -0.2) is 0 Å². The molecule has 0 saturated carbocycles. The molecule has 1 unspecified atom stereocenters. The molecule has 70 valence electrons. The first-order valence-corrected chi connectivity index (χ1v) is 4.09. The van der Waals surface area contributed by atoms with E-state index in [9.17, 15) is 4.79 Å². The Hall–Kier alpha value is -1.42. The average molecular weight is 180 g/mol. The number of rotatable bonds is 3. The van der Waals surface area contributed by atoms with E-state index in [1.54, 1.807) is 12.3 Å². The summed E-state index contributed by atoms with van der Waals surface area (Å²) in [6, 6.07) is 2.60. The summed E-state index contributed by atoms with van der Waals surface area (Å²) in [7, 11) is 0. The molecular weight excluding hydrogens is 168 g/mol. The number of aliphatic carboxylic acids is 1. The van der Waals surface area contributed by atoms with Crippen molar-refractivity contribution in [2.24, 2.45) is 5.73 Å². The van der Waals surface area contributed by atoms with E-state index in [2.05, 4.69) is 4.98 Å². The molecular formula is C9H12N2O2. The Balaban J connectivity index is 3.05. The Kier molecular flexibility index (Phi) is 2.97. The van der Waals surface area contributed by atoms with Crippen LogP contribution < -0.4 is 5.73 Å². The lowest BCUT2D eigenvalue weighted by atomic mass is 10.1. The Morgan fingerprint density at radius 1 is 1.77 bits per heavy atom. The summed E-state index contributed by atoms with van der Waals surface area (Å²) in [6.45, 7) is 1.94. The lowest BCUT2D eigenvalue weighted by Crippen LogP contribution is -2.23. The number of carboxylic acids is 1. The van der Waals surface area contributed by atoms with E-state index in [1.807, 2.05) is 13.0 Å². The van der Waals surface area contributed by atoms with Gasteiger partial charge in [0.2, 0.25) is 0 Å². The van der Waals surface area contributed by atoms with Gasteiger partial charge in [-0.1, -0.05) is 13.0 Å². The molecule has 0 aliphatic heterocycles. The van der Waals surface area contributed by atoms with E-state index in [0.29, 0.717) is 5.69 Å². The van der Waals surface area contributed by atoms with Crippen LogP contribution in [0.5, 0.6) is 0 Å². The van der Waals surface area contributed by atoms with Gasteiger partial charge in [0.15, 0.2) is 0 Å². The van der Waals surface area contributed by atoms with Crippen molar-refractivity contribution < 1.29 is 9.90 Å². The standard InChI is InChI=1S/C9H12N2O2/c1-2-6-4-3-5-11-8(6)7(10)9(12)13/h3-5,7H,2,10H2,1H3,(H,12,13). The Morgan fingerprint density at radius 2 is 2.46 bits per heavy atom. The molecule has 0 spiro atoms. The van der Waals surface area contributed by atoms with Crippen LogP contribution in [0.2, 0.25) is 0 Å². The molecule has 3 N–H and O–H groups in total. The van der Waals surface area contributed by atoms with Gasteiger partial charge in [0.05, 0.1) is 5.69 Å². The lowest BCUT2D eigenvalue weighted by molar-refractivity contribution is -0.138. The SMILES string of the molecule is CCc1cccnc1C(N)C(=O)O. The minimum Gasteiger partial charge on any atom is -0.480 e. The number of aryl methyl sites for hydroxylation is 1. The summed E-state index contributed by atoms with van der Waals surface area (Å²) in [5.41, 5.74) is 6.79. The fraction of sp³-hybridized carbons (Fsp3) is 0.333. The van der Waals surface area contributed by atoms with Gasteiger partial charge in [-0.3, -0.25) is 9.78 Å². The van der Waals surface area contributed by atoms with E-state index >= 15 is 0 Å². The van der Waals surface area contributed by atoms with Gasteiger partial charge in [-0.15, -0.1) is 0 Å². The van der Waals surface area contributed by atoms with Crippen LogP contribution in [0.1, 0.15) is 24.2 Å². The molecule has 0 aromatic carbocycles. The van der Waals surface area contributed by atoms with Crippen molar-refractivity contribution in [2.45, 2.75) is 19.4 Å². The normalized spacial score (nSPS) is 12.5. The summed E-state index contributed by atoms with van der Waals surface area (Å²) >= 11 is 0. The summed E-state index contributed by atoms with van der Waals surface area (Å²) in [6.07, 6.45) is 2.29. The molecule has 1 aromatic heterocycles. The molecule has 4 nitrogen and oxygen atoms in total. The molecule has 0 bridgehead atoms. The van der Waals surface area contributed by atoms with Crippen LogP contribution in [0.4, 0.5) is 0 Å². The number of hydrogen-bond donors (Lipinski definition) is 2. The Labute approximate surface area is 76.4 Å². The summed E-state index contributed by atoms with van der Waals surface area (Å²) in [4.78, 5) is 14.6. The number of carbonyl (C=O) groups is 1. The van der Waals surface area contributed by atoms with E-state index in [-0.39, 0.29) is 0 Å². The molecule has 1 rings (SSSR count). The molecule has 0 fully saturated rings. The molecule has 0 aliphatic rings. The van der Waals surface area contributed by atoms with Crippen molar-refractivity contribution >= 4 is 5.97 Å². The Morgan fingerprint density at radius 3 is 3.00 bits per heavy atom. The van der Waals surface area contributed by atoms with Crippen molar-refractivity contribution in [3.63, 3.8) is 0 Å². The predicted octanol–water partition coefficient (Wildman–Crippen LogP) is 0.728. The number of pyridine rings is 1. The number of aromatic nitrogens is 1. The number of nitrogens with zero attached hydrogens (tertiary/aromatic N) is 1. The first-order chi connectivity index (χ1) is 6.16. The van der Waals surface area contributed by atoms with Crippen molar-refractivity contribution in [3.8, 4) is 0 Å². The van der Waals surface area contributed by atoms with Crippen LogP contribution >= 0.6 is 0 Å². The van der Waals surface area contributed by atoms with Crippen molar-refractivity contribution in [1.82, 2.24) is 4.98 Å². The van der Waals surface area contributed by atoms with Gasteiger partial charge in [0.25, 0.3) is 0 Å². The van der Waals surface area contributed by atoms with Crippen molar-refractivity contribution in [3.05, 3.63) is 29.6 Å². The summed E-state index contributed by atoms with van der Waals surface area (Å²) in [5, 5.41) is 8.69. The quantitative estimate of drug-likeness (QED) is 0.718. The molecule has 1 heterocycles. The van der Waals surface area contributed by atoms with Crippen LogP contribution in [0.15, 0.2) is 18.3 Å². The van der Waals surface area contributed by atoms with Gasteiger partial charge < -0.3 is 10.8 Å². The van der Waals surface area contributed by atoms with Crippen LogP contribution in [0.3, 0.4) is 0 Å². The Bertz CT molecular complexity index is 312. The van der Waals surface area contributed by atoms with E-state index < -0.39 is 12.0 Å². The van der Waals surface area contributed by atoms with Crippen molar-refractivity contribution in [1.29, 1.82) is 0 Å². The topological polar surface area (TPSA) is 76.2 Å². The second kappa shape index (κ2) is 4.00. The van der Waals surface area contributed by atoms with Crippen LogP contribution in [0.25, 0.3) is 0 Å². The largest absolute Gasteiger partial charge is 0.480 e. The highest BCUT2D eigenvalue weighted by Crippen LogP contribution is 2.13. The maximum Gasteiger partial charge on any atom is 0.326 e. The maximum absolute atomic E-state index is 10.6. The highest BCUT2D eigenvalue weighted by molar-refractivity contribution is 5.75. The highest BCUT2D eigenvalue weighted by Gasteiger charge is 2.17. The fourth-order valence-electron chi connectivity index (χ4n) is 1.15. The first-order valence-electron chi connectivity index (χ1n) is 4.09. The smallest absolute Gasteiger partial charge is 0.326 e. The molecule has 0 radical (unpaired) electrons. The second-order valence-electron chi connectivity index (χ2n) is 2.72.